The van der Waals surface area contributed by atoms with Gasteiger partial charge in [0.05, 0.1) is 13.0 Å². The van der Waals surface area contributed by atoms with Crippen LogP contribution in [0.4, 0.5) is 13.2 Å². The molecule has 118 valence electrons. The Balaban J connectivity index is 0.000000885. The lowest BCUT2D eigenvalue weighted by Gasteiger charge is -2.05. The van der Waals surface area contributed by atoms with Gasteiger partial charge in [-0.15, -0.1) is 0 Å². The topological polar surface area (TPSA) is 81.4 Å². The van der Waals surface area contributed by atoms with E-state index in [0.717, 1.165) is 5.56 Å². The lowest BCUT2D eigenvalue weighted by atomic mass is 10.2. The fraction of sp³-hybridized carbons (Fsp3) is 0.385. The first-order valence-electron chi connectivity index (χ1n) is 5.98. The summed E-state index contributed by atoms with van der Waals surface area (Å²) in [5.74, 6) is -1.08. The molecule has 0 aliphatic rings. The molecule has 5 nitrogen and oxygen atoms in total. The molecule has 0 heterocycles. The van der Waals surface area contributed by atoms with E-state index in [1.165, 1.54) is 31.2 Å². The highest BCUT2D eigenvalue weighted by molar-refractivity contribution is 5.75. The van der Waals surface area contributed by atoms with Gasteiger partial charge in [-0.2, -0.15) is 8.78 Å². The van der Waals surface area contributed by atoms with Gasteiger partial charge in [0.15, 0.2) is 0 Å². The number of halogens is 3. The van der Waals surface area contributed by atoms with E-state index in [-0.39, 0.29) is 31.3 Å². The monoisotopic (exact) mass is 306 g/mol. The minimum atomic E-state index is -2.86. The number of carbonyl (C=O) groups is 2. The number of carbonyl (C=O) groups excluding carboxylic acids is 2. The van der Waals surface area contributed by atoms with Gasteiger partial charge in [-0.05, 0) is 17.7 Å². The highest BCUT2D eigenvalue weighted by Gasteiger charge is 2.05. The summed E-state index contributed by atoms with van der Waals surface area (Å²) in [6, 6.07) is 5.62. The Labute approximate surface area is 120 Å². The molecule has 2 amide bonds. The van der Waals surface area contributed by atoms with Crippen molar-refractivity contribution in [3.8, 4) is 0 Å². The molecule has 0 radical (unpaired) electrons. The van der Waals surface area contributed by atoms with Crippen molar-refractivity contribution in [3.05, 3.63) is 35.6 Å². The van der Waals surface area contributed by atoms with Gasteiger partial charge in [0, 0.05) is 13.5 Å². The van der Waals surface area contributed by atoms with Crippen LogP contribution in [-0.2, 0) is 20.9 Å². The summed E-state index contributed by atoms with van der Waals surface area (Å²) in [7, 11) is 0. The van der Waals surface area contributed by atoms with Gasteiger partial charge in [-0.3, -0.25) is 9.59 Å². The smallest absolute Gasteiger partial charge is 0.345 e. The molecule has 0 aliphatic carbocycles. The second-order valence-corrected chi connectivity index (χ2v) is 3.90. The van der Waals surface area contributed by atoms with Crippen LogP contribution in [0.5, 0.6) is 0 Å². The molecule has 1 aromatic rings. The highest BCUT2D eigenvalue weighted by Crippen LogP contribution is 2.02. The van der Waals surface area contributed by atoms with Crippen molar-refractivity contribution < 1.29 is 27.5 Å². The fourth-order valence-electron chi connectivity index (χ4n) is 1.13. The average molecular weight is 306 g/mol. The van der Waals surface area contributed by atoms with Gasteiger partial charge in [0.2, 0.25) is 11.8 Å². The number of hydrogen-bond acceptors (Lipinski definition) is 3. The van der Waals surface area contributed by atoms with Gasteiger partial charge >= 0.3 is 6.61 Å². The van der Waals surface area contributed by atoms with Crippen molar-refractivity contribution in [2.45, 2.75) is 26.5 Å². The zero-order valence-corrected chi connectivity index (χ0v) is 11.4. The number of nitrogens with two attached hydrogens (primary N) is 1. The Hall–Kier alpha value is -2.09. The first kappa shape index (κ1) is 18.9. The van der Waals surface area contributed by atoms with Crippen LogP contribution in [0.2, 0.25) is 0 Å². The predicted molar refractivity (Wildman–Crippen MR) is 69.7 cm³/mol. The highest BCUT2D eigenvalue weighted by atomic mass is 19.3. The van der Waals surface area contributed by atoms with E-state index < -0.39 is 12.5 Å². The Bertz CT molecular complexity index is 435. The fourth-order valence-corrected chi connectivity index (χ4v) is 1.13. The van der Waals surface area contributed by atoms with Crippen molar-refractivity contribution in [3.63, 3.8) is 0 Å². The third-order valence-corrected chi connectivity index (χ3v) is 1.98. The van der Waals surface area contributed by atoms with E-state index in [2.05, 4.69) is 15.8 Å². The minimum Gasteiger partial charge on any atom is -0.370 e. The van der Waals surface area contributed by atoms with E-state index in [1.54, 1.807) is 0 Å². The number of primary amides is 1. The normalized spacial score (nSPS) is 9.76. The van der Waals surface area contributed by atoms with Crippen LogP contribution >= 0.6 is 0 Å². The number of benzene rings is 1. The summed E-state index contributed by atoms with van der Waals surface area (Å²) in [5.41, 5.74) is 5.20. The maximum Gasteiger partial charge on any atom is 0.345 e. The minimum absolute atomic E-state index is 0.133. The summed E-state index contributed by atoms with van der Waals surface area (Å²) < 4.78 is 39.7. The second kappa shape index (κ2) is 10.7. The molecular weight excluding hydrogens is 289 g/mol. The third kappa shape index (κ3) is 12.7. The first-order valence-corrected chi connectivity index (χ1v) is 5.98. The summed E-state index contributed by atoms with van der Waals surface area (Å²) in [5, 5.41) is 2.51. The quantitative estimate of drug-likeness (QED) is 0.837. The van der Waals surface area contributed by atoms with E-state index in [0.29, 0.717) is 0 Å². The molecule has 0 fully saturated rings. The standard InChI is InChI=1S/C11H12F3NO2.C2H5NO/c12-9-3-1-8(2-4-9)7-15-10(16)5-6-17-11(13)14;1-2(3)4/h1-4,11H,5-7H2,(H,15,16);1H3,(H2,3,4). The van der Waals surface area contributed by atoms with Crippen LogP contribution in [0.15, 0.2) is 24.3 Å². The Morgan fingerprint density at radius 2 is 1.81 bits per heavy atom. The Kier molecular flexibility index (Phi) is 9.61. The zero-order chi connectivity index (χ0) is 16.3. The average Bonchev–Trinajstić information content (AvgIpc) is 2.37. The largest absolute Gasteiger partial charge is 0.370 e. The second-order valence-electron chi connectivity index (χ2n) is 3.90. The zero-order valence-electron chi connectivity index (χ0n) is 11.4. The van der Waals surface area contributed by atoms with Crippen LogP contribution < -0.4 is 11.1 Å². The molecule has 0 atom stereocenters. The lowest BCUT2D eigenvalue weighted by Crippen LogP contribution is -2.24. The molecule has 0 unspecified atom stereocenters. The summed E-state index contributed by atoms with van der Waals surface area (Å²) in [6.07, 6.45) is -0.133. The Morgan fingerprint density at radius 1 is 1.29 bits per heavy atom. The molecule has 1 rings (SSSR count). The van der Waals surface area contributed by atoms with Gasteiger partial charge in [0.1, 0.15) is 5.82 Å². The molecule has 21 heavy (non-hydrogen) atoms. The number of hydrogen-bond donors (Lipinski definition) is 2. The molecular formula is C13H17F3N2O3. The number of nitrogens with one attached hydrogen (secondary N) is 1. The molecule has 1 aromatic carbocycles. The molecule has 0 bridgehead atoms. The first-order chi connectivity index (χ1) is 9.81. The van der Waals surface area contributed by atoms with E-state index >= 15 is 0 Å². The third-order valence-electron chi connectivity index (χ3n) is 1.98. The number of ether oxygens (including phenoxy) is 1. The summed E-state index contributed by atoms with van der Waals surface area (Å²) >= 11 is 0. The number of amides is 2. The summed E-state index contributed by atoms with van der Waals surface area (Å²) in [6.45, 7) is -1.65. The maximum atomic E-state index is 12.6. The van der Waals surface area contributed by atoms with Gasteiger partial charge in [-0.1, -0.05) is 12.1 Å². The Morgan fingerprint density at radius 3 is 2.29 bits per heavy atom. The van der Waals surface area contributed by atoms with Crippen molar-refractivity contribution in [1.29, 1.82) is 0 Å². The van der Waals surface area contributed by atoms with Gasteiger partial charge < -0.3 is 15.8 Å². The van der Waals surface area contributed by atoms with Crippen molar-refractivity contribution >= 4 is 11.8 Å². The number of alkyl halides is 2. The number of rotatable bonds is 6. The van der Waals surface area contributed by atoms with Crippen molar-refractivity contribution in [1.82, 2.24) is 5.32 Å². The molecule has 0 spiro atoms. The van der Waals surface area contributed by atoms with E-state index in [4.69, 9.17) is 0 Å². The van der Waals surface area contributed by atoms with Crippen LogP contribution in [0.25, 0.3) is 0 Å². The molecule has 0 aliphatic heterocycles. The molecule has 0 saturated heterocycles. The van der Waals surface area contributed by atoms with E-state index in [1.807, 2.05) is 0 Å². The predicted octanol–water partition coefficient (Wildman–Crippen LogP) is 1.56. The van der Waals surface area contributed by atoms with Crippen LogP contribution in [0.1, 0.15) is 18.9 Å². The van der Waals surface area contributed by atoms with Crippen molar-refractivity contribution in [2.24, 2.45) is 5.73 Å². The van der Waals surface area contributed by atoms with Crippen LogP contribution in [0, 0.1) is 5.82 Å². The molecule has 0 aromatic heterocycles. The van der Waals surface area contributed by atoms with Crippen LogP contribution in [-0.4, -0.2) is 25.0 Å². The SMILES string of the molecule is CC(N)=O.O=C(CCOC(F)F)NCc1ccc(F)cc1. The van der Waals surface area contributed by atoms with Crippen LogP contribution in [0.3, 0.4) is 0 Å². The molecule has 0 saturated carbocycles. The van der Waals surface area contributed by atoms with Gasteiger partial charge in [-0.25, -0.2) is 4.39 Å². The maximum absolute atomic E-state index is 12.6. The molecule has 3 N–H and O–H groups in total. The van der Waals surface area contributed by atoms with Crippen molar-refractivity contribution in [2.75, 3.05) is 6.61 Å². The molecule has 8 heteroatoms. The van der Waals surface area contributed by atoms with Gasteiger partial charge in [0.25, 0.3) is 0 Å². The van der Waals surface area contributed by atoms with E-state index in [9.17, 15) is 22.8 Å². The summed E-state index contributed by atoms with van der Waals surface area (Å²) in [4.78, 5) is 20.4. The lowest BCUT2D eigenvalue weighted by molar-refractivity contribution is -0.138.